The largest absolute Gasteiger partial charge is 0.271 e. The molecule has 0 aliphatic carbocycles. The van der Waals surface area contributed by atoms with E-state index < -0.39 is 0 Å². The van der Waals surface area contributed by atoms with E-state index in [1.165, 1.54) is 10.4 Å². The highest BCUT2D eigenvalue weighted by Gasteiger charge is 2.16. The van der Waals surface area contributed by atoms with E-state index in [1.807, 2.05) is 19.1 Å². The van der Waals surface area contributed by atoms with Crippen molar-refractivity contribution in [2.24, 2.45) is 5.84 Å². The first kappa shape index (κ1) is 12.6. The summed E-state index contributed by atoms with van der Waals surface area (Å²) >= 11 is 7.81. The molecule has 0 bridgehead atoms. The van der Waals surface area contributed by atoms with Crippen molar-refractivity contribution in [2.45, 2.75) is 19.9 Å². The van der Waals surface area contributed by atoms with Crippen LogP contribution in [0.25, 0.3) is 0 Å². The summed E-state index contributed by atoms with van der Waals surface area (Å²) in [5.41, 5.74) is 6.31. The highest BCUT2D eigenvalue weighted by molar-refractivity contribution is 7.10. The molecule has 2 nitrogen and oxygen atoms in total. The van der Waals surface area contributed by atoms with Gasteiger partial charge in [0.2, 0.25) is 0 Å². The predicted octanol–water partition coefficient (Wildman–Crippen LogP) is 3.57. The van der Waals surface area contributed by atoms with Crippen molar-refractivity contribution in [3.63, 3.8) is 0 Å². The lowest BCUT2D eigenvalue weighted by molar-refractivity contribution is 0.636. The summed E-state index contributed by atoms with van der Waals surface area (Å²) in [6, 6.07) is 8.10. The summed E-state index contributed by atoms with van der Waals surface area (Å²) in [6.07, 6.45) is 0. The molecule has 2 rings (SSSR count). The maximum absolute atomic E-state index is 6.09. The monoisotopic (exact) mass is 266 g/mol. The molecule has 0 fully saturated rings. The van der Waals surface area contributed by atoms with Crippen LogP contribution < -0.4 is 11.3 Å². The first-order valence-electron chi connectivity index (χ1n) is 5.39. The molecule has 0 saturated heterocycles. The van der Waals surface area contributed by atoms with E-state index in [0.29, 0.717) is 0 Å². The van der Waals surface area contributed by atoms with Crippen LogP contribution in [-0.4, -0.2) is 0 Å². The van der Waals surface area contributed by atoms with Crippen LogP contribution in [0.5, 0.6) is 0 Å². The summed E-state index contributed by atoms with van der Waals surface area (Å²) < 4.78 is 0. The molecule has 1 heterocycles. The van der Waals surface area contributed by atoms with Crippen molar-refractivity contribution in [1.82, 2.24) is 5.43 Å². The maximum atomic E-state index is 6.09. The quantitative estimate of drug-likeness (QED) is 0.658. The number of hydrogen-bond donors (Lipinski definition) is 2. The molecule has 1 aromatic heterocycles. The van der Waals surface area contributed by atoms with Gasteiger partial charge in [-0.1, -0.05) is 17.7 Å². The topological polar surface area (TPSA) is 38.0 Å². The number of hydrogen-bond acceptors (Lipinski definition) is 3. The van der Waals surface area contributed by atoms with Crippen LogP contribution in [0.1, 0.15) is 27.6 Å². The van der Waals surface area contributed by atoms with Gasteiger partial charge in [-0.05, 0) is 54.1 Å². The first-order valence-corrected chi connectivity index (χ1v) is 6.65. The van der Waals surface area contributed by atoms with Crippen molar-refractivity contribution in [2.75, 3.05) is 0 Å². The zero-order valence-electron chi connectivity index (χ0n) is 9.83. The molecule has 0 saturated carbocycles. The van der Waals surface area contributed by atoms with E-state index >= 15 is 0 Å². The molecular weight excluding hydrogens is 252 g/mol. The second-order valence-corrected chi connectivity index (χ2v) is 5.65. The number of nitrogens with two attached hydrogens (primary N) is 1. The van der Waals surface area contributed by atoms with Gasteiger partial charge in [-0.15, -0.1) is 11.3 Å². The standard InChI is InChI=1S/C13H15ClN2S/c1-8-5-10(7-11(14)6-8)13(16-15)12-3-4-17-9(12)2/h3-7,13,16H,15H2,1-2H3. The molecule has 0 amide bonds. The molecule has 90 valence electrons. The van der Waals surface area contributed by atoms with Gasteiger partial charge >= 0.3 is 0 Å². The summed E-state index contributed by atoms with van der Waals surface area (Å²) in [5.74, 6) is 5.68. The molecule has 0 aliphatic heterocycles. The first-order chi connectivity index (χ1) is 8.11. The number of aryl methyl sites for hydroxylation is 2. The van der Waals surface area contributed by atoms with Gasteiger partial charge in [-0.3, -0.25) is 5.84 Å². The number of benzene rings is 1. The van der Waals surface area contributed by atoms with Gasteiger partial charge in [0.25, 0.3) is 0 Å². The van der Waals surface area contributed by atoms with E-state index in [4.69, 9.17) is 17.4 Å². The Morgan fingerprint density at radius 2 is 2.06 bits per heavy atom. The molecule has 17 heavy (non-hydrogen) atoms. The minimum Gasteiger partial charge on any atom is -0.271 e. The van der Waals surface area contributed by atoms with Crippen LogP contribution in [0, 0.1) is 13.8 Å². The smallest absolute Gasteiger partial charge is 0.0721 e. The van der Waals surface area contributed by atoms with Crippen molar-refractivity contribution in [3.05, 3.63) is 56.2 Å². The molecule has 3 N–H and O–H groups in total. The molecular formula is C13H15ClN2S. The van der Waals surface area contributed by atoms with Crippen LogP contribution in [0.2, 0.25) is 5.02 Å². The van der Waals surface area contributed by atoms with Crippen molar-refractivity contribution < 1.29 is 0 Å². The summed E-state index contributed by atoms with van der Waals surface area (Å²) in [7, 11) is 0. The summed E-state index contributed by atoms with van der Waals surface area (Å²) in [5, 5.41) is 2.82. The van der Waals surface area contributed by atoms with Gasteiger partial charge in [0.15, 0.2) is 0 Å². The Morgan fingerprint density at radius 1 is 1.29 bits per heavy atom. The Hall–Kier alpha value is -0.870. The van der Waals surface area contributed by atoms with E-state index in [9.17, 15) is 0 Å². The fourth-order valence-electron chi connectivity index (χ4n) is 1.99. The fraction of sp³-hybridized carbons (Fsp3) is 0.231. The van der Waals surface area contributed by atoms with Gasteiger partial charge in [-0.2, -0.15) is 0 Å². The van der Waals surface area contributed by atoms with Crippen LogP contribution in [0.15, 0.2) is 29.6 Å². The third kappa shape index (κ3) is 2.69. The Balaban J connectivity index is 2.45. The minimum atomic E-state index is -0.00125. The van der Waals surface area contributed by atoms with Crippen LogP contribution >= 0.6 is 22.9 Å². The molecule has 0 spiro atoms. The molecule has 4 heteroatoms. The minimum absolute atomic E-state index is 0.00125. The average Bonchev–Trinajstić information content (AvgIpc) is 2.65. The van der Waals surface area contributed by atoms with E-state index in [-0.39, 0.29) is 6.04 Å². The van der Waals surface area contributed by atoms with Crippen LogP contribution in [0.4, 0.5) is 0 Å². The lowest BCUT2D eigenvalue weighted by atomic mass is 9.98. The molecule has 1 unspecified atom stereocenters. The van der Waals surface area contributed by atoms with Gasteiger partial charge in [0, 0.05) is 9.90 Å². The summed E-state index contributed by atoms with van der Waals surface area (Å²) in [4.78, 5) is 1.27. The number of halogens is 1. The SMILES string of the molecule is Cc1cc(Cl)cc(C(NN)c2ccsc2C)c1. The Labute approximate surface area is 110 Å². The van der Waals surface area contributed by atoms with Crippen molar-refractivity contribution in [1.29, 1.82) is 0 Å². The molecule has 0 radical (unpaired) electrons. The Morgan fingerprint density at radius 3 is 2.59 bits per heavy atom. The van der Waals surface area contributed by atoms with E-state index in [0.717, 1.165) is 16.1 Å². The highest BCUT2D eigenvalue weighted by atomic mass is 35.5. The number of thiophene rings is 1. The number of nitrogens with one attached hydrogen (secondary N) is 1. The van der Waals surface area contributed by atoms with Gasteiger partial charge in [-0.25, -0.2) is 5.43 Å². The third-order valence-corrected chi connectivity index (χ3v) is 3.85. The fourth-order valence-corrected chi connectivity index (χ4v) is 3.03. The lowest BCUT2D eigenvalue weighted by Gasteiger charge is -2.17. The number of rotatable bonds is 3. The van der Waals surface area contributed by atoms with E-state index in [1.54, 1.807) is 11.3 Å². The predicted molar refractivity (Wildman–Crippen MR) is 74.4 cm³/mol. The average molecular weight is 267 g/mol. The lowest BCUT2D eigenvalue weighted by Crippen LogP contribution is -2.29. The summed E-state index contributed by atoms with van der Waals surface area (Å²) in [6.45, 7) is 4.13. The number of hydrazine groups is 1. The third-order valence-electron chi connectivity index (χ3n) is 2.77. The molecule has 1 aromatic carbocycles. The zero-order chi connectivity index (χ0) is 12.4. The Kier molecular flexibility index (Phi) is 3.84. The maximum Gasteiger partial charge on any atom is 0.0721 e. The van der Waals surface area contributed by atoms with Gasteiger partial charge < -0.3 is 0 Å². The Bertz CT molecular complexity index is 502. The van der Waals surface area contributed by atoms with Gasteiger partial charge in [0.05, 0.1) is 6.04 Å². The second-order valence-electron chi connectivity index (χ2n) is 4.09. The second kappa shape index (κ2) is 5.19. The highest BCUT2D eigenvalue weighted by Crippen LogP contribution is 2.29. The molecule has 2 aromatic rings. The van der Waals surface area contributed by atoms with Crippen molar-refractivity contribution >= 4 is 22.9 Å². The van der Waals surface area contributed by atoms with Crippen molar-refractivity contribution in [3.8, 4) is 0 Å². The molecule has 1 atom stereocenters. The molecule has 0 aliphatic rings. The normalized spacial score (nSPS) is 12.7. The van der Waals surface area contributed by atoms with Crippen LogP contribution in [0.3, 0.4) is 0 Å². The zero-order valence-corrected chi connectivity index (χ0v) is 11.4. The van der Waals surface area contributed by atoms with E-state index in [2.05, 4.69) is 29.9 Å². The van der Waals surface area contributed by atoms with Gasteiger partial charge in [0.1, 0.15) is 0 Å². The van der Waals surface area contributed by atoms with Crippen LogP contribution in [-0.2, 0) is 0 Å².